The molecule has 1 aliphatic rings. The second-order valence-electron chi connectivity index (χ2n) is 5.64. The van der Waals surface area contributed by atoms with Crippen molar-refractivity contribution in [2.45, 2.75) is 25.8 Å². The SMILES string of the molecule is CN(CC(=O)c1ccc2c(c1)CCC2)Cc1ccc(Cl)s1. The fraction of sp³-hybridized carbons (Fsp3) is 0.353. The van der Waals surface area contributed by atoms with Crippen molar-refractivity contribution in [3.05, 3.63) is 56.2 Å². The first-order valence-electron chi connectivity index (χ1n) is 7.19. The zero-order valence-corrected chi connectivity index (χ0v) is 13.6. The molecule has 1 aromatic heterocycles. The van der Waals surface area contributed by atoms with E-state index in [0.29, 0.717) is 6.54 Å². The number of carbonyl (C=O) groups is 1. The summed E-state index contributed by atoms with van der Waals surface area (Å²) in [5.41, 5.74) is 3.60. The molecule has 0 atom stereocenters. The van der Waals surface area contributed by atoms with Gasteiger partial charge in [-0.3, -0.25) is 9.69 Å². The number of rotatable bonds is 5. The lowest BCUT2D eigenvalue weighted by Crippen LogP contribution is -2.25. The summed E-state index contributed by atoms with van der Waals surface area (Å²) in [5.74, 6) is 0.190. The van der Waals surface area contributed by atoms with Crippen LogP contribution in [0.4, 0.5) is 0 Å². The third kappa shape index (κ3) is 3.54. The molecule has 0 aliphatic heterocycles. The van der Waals surface area contributed by atoms with Gasteiger partial charge in [0.1, 0.15) is 0 Å². The predicted octanol–water partition coefficient (Wildman–Crippen LogP) is 4.20. The van der Waals surface area contributed by atoms with Gasteiger partial charge < -0.3 is 0 Å². The molecule has 1 aliphatic carbocycles. The van der Waals surface area contributed by atoms with Crippen LogP contribution in [0.25, 0.3) is 0 Å². The Hall–Kier alpha value is -1.16. The number of carbonyl (C=O) groups excluding carboxylic acids is 1. The number of likely N-dealkylation sites (N-methyl/N-ethyl adjacent to an activating group) is 1. The molecule has 0 amide bonds. The van der Waals surface area contributed by atoms with Crippen molar-refractivity contribution in [3.8, 4) is 0 Å². The summed E-state index contributed by atoms with van der Waals surface area (Å²) in [6, 6.07) is 10.1. The zero-order chi connectivity index (χ0) is 14.8. The van der Waals surface area contributed by atoms with Crippen LogP contribution in [-0.4, -0.2) is 24.3 Å². The van der Waals surface area contributed by atoms with Crippen molar-refractivity contribution in [2.24, 2.45) is 0 Å². The second-order valence-corrected chi connectivity index (χ2v) is 7.44. The smallest absolute Gasteiger partial charge is 0.176 e. The van der Waals surface area contributed by atoms with Gasteiger partial charge in [-0.05, 0) is 55.6 Å². The number of hydrogen-bond donors (Lipinski definition) is 0. The molecule has 3 rings (SSSR count). The van der Waals surface area contributed by atoms with Gasteiger partial charge in [0.25, 0.3) is 0 Å². The Morgan fingerprint density at radius 3 is 2.81 bits per heavy atom. The van der Waals surface area contributed by atoms with E-state index in [1.807, 2.05) is 30.1 Å². The van der Waals surface area contributed by atoms with Crippen LogP contribution in [0.3, 0.4) is 0 Å². The molecule has 110 valence electrons. The van der Waals surface area contributed by atoms with Crippen molar-refractivity contribution < 1.29 is 4.79 Å². The molecule has 1 aromatic carbocycles. The molecule has 0 saturated heterocycles. The maximum atomic E-state index is 12.4. The molecule has 2 aromatic rings. The van der Waals surface area contributed by atoms with Crippen molar-refractivity contribution in [1.29, 1.82) is 0 Å². The minimum atomic E-state index is 0.190. The van der Waals surface area contributed by atoms with Crippen LogP contribution in [0, 0.1) is 0 Å². The van der Waals surface area contributed by atoms with Crippen LogP contribution in [0.1, 0.15) is 32.8 Å². The molecular formula is C17H18ClNOS. The first-order chi connectivity index (χ1) is 10.1. The summed E-state index contributed by atoms with van der Waals surface area (Å²) in [4.78, 5) is 15.6. The van der Waals surface area contributed by atoms with E-state index < -0.39 is 0 Å². The van der Waals surface area contributed by atoms with E-state index >= 15 is 0 Å². The number of ketones is 1. The van der Waals surface area contributed by atoms with Crippen molar-refractivity contribution in [3.63, 3.8) is 0 Å². The van der Waals surface area contributed by atoms with Crippen molar-refractivity contribution in [2.75, 3.05) is 13.6 Å². The minimum Gasteiger partial charge on any atom is -0.294 e. The normalized spacial score (nSPS) is 13.7. The fourth-order valence-corrected chi connectivity index (χ4v) is 4.01. The Morgan fingerprint density at radius 1 is 1.24 bits per heavy atom. The molecule has 0 N–H and O–H groups in total. The number of benzene rings is 1. The summed E-state index contributed by atoms with van der Waals surface area (Å²) < 4.78 is 0.795. The highest BCUT2D eigenvalue weighted by atomic mass is 35.5. The standard InChI is InChI=1S/C17H18ClNOS/c1-19(10-15-7-8-17(18)21-15)11-16(20)14-6-5-12-3-2-4-13(12)9-14/h5-9H,2-4,10-11H2,1H3. The van der Waals surface area contributed by atoms with Gasteiger partial charge in [0.2, 0.25) is 0 Å². The Labute approximate surface area is 134 Å². The summed E-state index contributed by atoms with van der Waals surface area (Å²) in [7, 11) is 1.97. The first kappa shape index (κ1) is 14.8. The molecule has 4 heteroatoms. The summed E-state index contributed by atoms with van der Waals surface area (Å²) >= 11 is 7.50. The Balaban J connectivity index is 1.63. The highest BCUT2D eigenvalue weighted by Crippen LogP contribution is 2.24. The highest BCUT2D eigenvalue weighted by Gasteiger charge is 2.15. The maximum absolute atomic E-state index is 12.4. The Bertz CT molecular complexity index is 665. The molecule has 0 fully saturated rings. The third-order valence-electron chi connectivity index (χ3n) is 3.89. The van der Waals surface area contributed by atoms with Crippen LogP contribution in [0.5, 0.6) is 0 Å². The lowest BCUT2D eigenvalue weighted by molar-refractivity contribution is 0.0943. The van der Waals surface area contributed by atoms with Gasteiger partial charge in [-0.2, -0.15) is 0 Å². The van der Waals surface area contributed by atoms with Crippen LogP contribution in [0.15, 0.2) is 30.3 Å². The molecule has 21 heavy (non-hydrogen) atoms. The van der Waals surface area contributed by atoms with E-state index in [1.54, 1.807) is 11.3 Å². The van der Waals surface area contributed by atoms with Crippen LogP contribution in [-0.2, 0) is 19.4 Å². The average molecular weight is 320 g/mol. The number of aryl methyl sites for hydroxylation is 2. The quantitative estimate of drug-likeness (QED) is 0.770. The van der Waals surface area contributed by atoms with E-state index in [9.17, 15) is 4.79 Å². The second kappa shape index (κ2) is 6.30. The van der Waals surface area contributed by atoms with Gasteiger partial charge in [0.05, 0.1) is 10.9 Å². The van der Waals surface area contributed by atoms with E-state index in [1.165, 1.54) is 22.4 Å². The van der Waals surface area contributed by atoms with Gasteiger partial charge in [0.15, 0.2) is 5.78 Å². The topological polar surface area (TPSA) is 20.3 Å². The number of fused-ring (bicyclic) bond motifs is 1. The first-order valence-corrected chi connectivity index (χ1v) is 8.39. The number of Topliss-reactive ketones (excluding diaryl/α,β-unsaturated/α-hetero) is 1. The lowest BCUT2D eigenvalue weighted by Gasteiger charge is -2.15. The molecular weight excluding hydrogens is 302 g/mol. The largest absolute Gasteiger partial charge is 0.294 e. The molecule has 2 nitrogen and oxygen atoms in total. The van der Waals surface area contributed by atoms with E-state index in [0.717, 1.165) is 29.3 Å². The number of nitrogens with zero attached hydrogens (tertiary/aromatic N) is 1. The Morgan fingerprint density at radius 2 is 2.05 bits per heavy atom. The highest BCUT2D eigenvalue weighted by molar-refractivity contribution is 7.16. The van der Waals surface area contributed by atoms with Crippen LogP contribution < -0.4 is 0 Å². The number of hydrogen-bond acceptors (Lipinski definition) is 3. The van der Waals surface area contributed by atoms with E-state index in [2.05, 4.69) is 12.1 Å². The molecule has 0 saturated carbocycles. The molecule has 0 spiro atoms. The van der Waals surface area contributed by atoms with Gasteiger partial charge >= 0.3 is 0 Å². The maximum Gasteiger partial charge on any atom is 0.176 e. The van der Waals surface area contributed by atoms with Gasteiger partial charge in [-0.25, -0.2) is 0 Å². The predicted molar refractivity (Wildman–Crippen MR) is 88.5 cm³/mol. The molecule has 0 unspecified atom stereocenters. The number of thiophene rings is 1. The monoisotopic (exact) mass is 319 g/mol. The zero-order valence-electron chi connectivity index (χ0n) is 12.1. The van der Waals surface area contributed by atoms with Gasteiger partial charge in [0, 0.05) is 17.0 Å². The van der Waals surface area contributed by atoms with E-state index in [4.69, 9.17) is 11.6 Å². The summed E-state index contributed by atoms with van der Waals surface area (Å²) in [6.45, 7) is 1.20. The minimum absolute atomic E-state index is 0.190. The van der Waals surface area contributed by atoms with Crippen LogP contribution in [0.2, 0.25) is 4.34 Å². The lowest BCUT2D eigenvalue weighted by atomic mass is 10.0. The molecule has 1 heterocycles. The van der Waals surface area contributed by atoms with Crippen LogP contribution >= 0.6 is 22.9 Å². The fourth-order valence-electron chi connectivity index (χ4n) is 2.84. The summed E-state index contributed by atoms with van der Waals surface area (Å²) in [6.07, 6.45) is 3.48. The average Bonchev–Trinajstić information content (AvgIpc) is 3.06. The van der Waals surface area contributed by atoms with Crippen molar-refractivity contribution >= 4 is 28.7 Å². The van der Waals surface area contributed by atoms with Gasteiger partial charge in [-0.15, -0.1) is 11.3 Å². The van der Waals surface area contributed by atoms with E-state index in [-0.39, 0.29) is 5.78 Å². The van der Waals surface area contributed by atoms with Gasteiger partial charge in [-0.1, -0.05) is 23.7 Å². The number of halogens is 1. The Kier molecular flexibility index (Phi) is 4.43. The van der Waals surface area contributed by atoms with Crippen molar-refractivity contribution in [1.82, 2.24) is 4.90 Å². The summed E-state index contributed by atoms with van der Waals surface area (Å²) in [5, 5.41) is 0. The third-order valence-corrected chi connectivity index (χ3v) is 5.10. The molecule has 0 radical (unpaired) electrons. The molecule has 0 bridgehead atoms.